The zero-order valence-corrected chi connectivity index (χ0v) is 15.0. The normalized spacial score (nSPS) is 15.4. The minimum atomic E-state index is 0.193. The summed E-state index contributed by atoms with van der Waals surface area (Å²) in [7, 11) is 0. The Bertz CT molecular complexity index is 714. The van der Waals surface area contributed by atoms with Crippen molar-refractivity contribution in [1.29, 1.82) is 0 Å². The first-order valence-electron chi connectivity index (χ1n) is 8.36. The number of aldehydes is 1. The summed E-state index contributed by atoms with van der Waals surface area (Å²) in [4.78, 5) is 29.2. The zero-order chi connectivity index (χ0) is 17.6. The summed E-state index contributed by atoms with van der Waals surface area (Å²) in [6, 6.07) is 1.92. The van der Waals surface area contributed by atoms with E-state index in [9.17, 15) is 4.79 Å². The predicted molar refractivity (Wildman–Crippen MR) is 97.9 cm³/mol. The van der Waals surface area contributed by atoms with Crippen molar-refractivity contribution in [3.63, 3.8) is 0 Å². The molecular formula is C16H22N6O2S. The van der Waals surface area contributed by atoms with Gasteiger partial charge in [0, 0.05) is 45.2 Å². The summed E-state index contributed by atoms with van der Waals surface area (Å²) >= 11 is 1.29. The number of aromatic nitrogens is 3. The summed E-state index contributed by atoms with van der Waals surface area (Å²) in [5, 5.41) is 12.9. The highest BCUT2D eigenvalue weighted by Gasteiger charge is 2.19. The average Bonchev–Trinajstić information content (AvgIpc) is 3.10. The molecule has 8 nitrogen and oxygen atoms in total. The number of anilines is 3. The molecule has 1 aliphatic rings. The highest BCUT2D eigenvalue weighted by molar-refractivity contribution is 7.17. The molecule has 0 saturated carbocycles. The van der Waals surface area contributed by atoms with Crippen LogP contribution in [0.15, 0.2) is 12.3 Å². The number of β-amino-alcohol motifs (C(OH)–C–C–N with tert-alkyl or cyclic N) is 1. The fourth-order valence-electron chi connectivity index (χ4n) is 2.72. The Kier molecular flexibility index (Phi) is 5.90. The Hall–Kier alpha value is -2.10. The van der Waals surface area contributed by atoms with E-state index in [0.29, 0.717) is 22.4 Å². The summed E-state index contributed by atoms with van der Waals surface area (Å²) in [6.45, 7) is 6.48. The van der Waals surface area contributed by atoms with Gasteiger partial charge in [-0.15, -0.1) is 0 Å². The fourth-order valence-corrected chi connectivity index (χ4v) is 3.36. The van der Waals surface area contributed by atoms with Gasteiger partial charge in [-0.05, 0) is 0 Å². The number of hydrogen-bond donors (Lipinski definition) is 2. The van der Waals surface area contributed by atoms with Crippen LogP contribution in [0, 0.1) is 0 Å². The SMILES string of the molecule is CCc1nc(Nc2ncc(C=O)s2)cc(N2CCN(CCO)CC2)n1. The molecule has 134 valence electrons. The van der Waals surface area contributed by atoms with Crippen molar-refractivity contribution in [3.05, 3.63) is 23.0 Å². The van der Waals surface area contributed by atoms with E-state index in [4.69, 9.17) is 5.11 Å². The summed E-state index contributed by atoms with van der Waals surface area (Å²) in [5.74, 6) is 2.35. The van der Waals surface area contributed by atoms with Crippen LogP contribution in [0.2, 0.25) is 0 Å². The number of piperazine rings is 1. The highest BCUT2D eigenvalue weighted by atomic mass is 32.1. The third-order valence-corrected chi connectivity index (χ3v) is 4.90. The van der Waals surface area contributed by atoms with E-state index in [1.165, 1.54) is 11.3 Å². The van der Waals surface area contributed by atoms with Gasteiger partial charge in [-0.2, -0.15) is 0 Å². The van der Waals surface area contributed by atoms with Crippen molar-refractivity contribution in [2.75, 3.05) is 49.5 Å². The van der Waals surface area contributed by atoms with Crippen LogP contribution in [0.25, 0.3) is 0 Å². The van der Waals surface area contributed by atoms with Crippen molar-refractivity contribution in [3.8, 4) is 0 Å². The number of aliphatic hydroxyl groups is 1. The maximum atomic E-state index is 10.8. The van der Waals surface area contributed by atoms with Crippen LogP contribution in [0.5, 0.6) is 0 Å². The topological polar surface area (TPSA) is 94.5 Å². The van der Waals surface area contributed by atoms with Crippen LogP contribution in [-0.4, -0.2) is 70.6 Å². The van der Waals surface area contributed by atoms with Gasteiger partial charge < -0.3 is 15.3 Å². The first-order chi connectivity index (χ1) is 12.2. The highest BCUT2D eigenvalue weighted by Crippen LogP contribution is 2.24. The number of nitrogens with one attached hydrogen (secondary N) is 1. The van der Waals surface area contributed by atoms with Crippen LogP contribution in [-0.2, 0) is 6.42 Å². The molecule has 25 heavy (non-hydrogen) atoms. The van der Waals surface area contributed by atoms with Crippen molar-refractivity contribution in [1.82, 2.24) is 19.9 Å². The lowest BCUT2D eigenvalue weighted by Crippen LogP contribution is -2.47. The van der Waals surface area contributed by atoms with E-state index in [2.05, 4.69) is 30.1 Å². The van der Waals surface area contributed by atoms with Gasteiger partial charge in [0.1, 0.15) is 17.5 Å². The van der Waals surface area contributed by atoms with Gasteiger partial charge in [0.2, 0.25) is 0 Å². The molecule has 0 amide bonds. The minimum Gasteiger partial charge on any atom is -0.395 e. The molecule has 3 rings (SSSR count). The maximum Gasteiger partial charge on any atom is 0.188 e. The molecule has 2 N–H and O–H groups in total. The molecule has 0 unspecified atom stereocenters. The van der Waals surface area contributed by atoms with Crippen molar-refractivity contribution >= 4 is 34.4 Å². The molecule has 2 aromatic rings. The van der Waals surface area contributed by atoms with Gasteiger partial charge in [0.15, 0.2) is 11.4 Å². The van der Waals surface area contributed by atoms with E-state index in [-0.39, 0.29) is 6.61 Å². The van der Waals surface area contributed by atoms with E-state index in [1.807, 2.05) is 13.0 Å². The molecule has 0 aliphatic carbocycles. The Labute approximate surface area is 150 Å². The van der Waals surface area contributed by atoms with E-state index < -0.39 is 0 Å². The summed E-state index contributed by atoms with van der Waals surface area (Å²) in [6.07, 6.45) is 3.07. The molecule has 0 radical (unpaired) electrons. The monoisotopic (exact) mass is 362 g/mol. The second kappa shape index (κ2) is 8.32. The quantitative estimate of drug-likeness (QED) is 0.709. The van der Waals surface area contributed by atoms with Gasteiger partial charge in [0.25, 0.3) is 0 Å². The van der Waals surface area contributed by atoms with Gasteiger partial charge >= 0.3 is 0 Å². The third-order valence-electron chi connectivity index (χ3n) is 4.06. The van der Waals surface area contributed by atoms with Gasteiger partial charge in [-0.3, -0.25) is 9.69 Å². The number of carbonyl (C=O) groups is 1. The van der Waals surface area contributed by atoms with Gasteiger partial charge in [0.05, 0.1) is 17.7 Å². The molecule has 1 aliphatic heterocycles. The minimum absolute atomic E-state index is 0.193. The van der Waals surface area contributed by atoms with Crippen molar-refractivity contribution in [2.45, 2.75) is 13.3 Å². The van der Waals surface area contributed by atoms with Crippen LogP contribution in [0.3, 0.4) is 0 Å². The van der Waals surface area contributed by atoms with Crippen LogP contribution < -0.4 is 10.2 Å². The molecule has 3 heterocycles. The van der Waals surface area contributed by atoms with E-state index in [1.54, 1.807) is 6.20 Å². The smallest absolute Gasteiger partial charge is 0.188 e. The second-order valence-electron chi connectivity index (χ2n) is 5.74. The van der Waals surface area contributed by atoms with E-state index >= 15 is 0 Å². The standard InChI is InChI=1S/C16H22N6O2S/c1-2-13-18-14(20-16-17-10-12(11-24)25-16)9-15(19-13)22-5-3-21(4-6-22)7-8-23/h9-11,23H,2-8H2,1H3,(H,17,18,19,20). The first-order valence-corrected chi connectivity index (χ1v) is 9.17. The lowest BCUT2D eigenvalue weighted by molar-refractivity contribution is 0.112. The second-order valence-corrected chi connectivity index (χ2v) is 6.81. The van der Waals surface area contributed by atoms with Gasteiger partial charge in [-0.1, -0.05) is 18.3 Å². The molecule has 0 aromatic carbocycles. The maximum absolute atomic E-state index is 10.8. The summed E-state index contributed by atoms with van der Waals surface area (Å²) < 4.78 is 0. The number of aliphatic hydroxyl groups excluding tert-OH is 1. The molecule has 1 fully saturated rings. The summed E-state index contributed by atoms with van der Waals surface area (Å²) in [5.41, 5.74) is 0. The third kappa shape index (κ3) is 4.50. The molecule has 0 spiro atoms. The zero-order valence-electron chi connectivity index (χ0n) is 14.2. The largest absolute Gasteiger partial charge is 0.395 e. The molecule has 9 heteroatoms. The van der Waals surface area contributed by atoms with Crippen molar-refractivity contribution in [2.24, 2.45) is 0 Å². The number of carbonyl (C=O) groups excluding carboxylic acids is 1. The van der Waals surface area contributed by atoms with Crippen LogP contribution in [0.1, 0.15) is 22.4 Å². The molecule has 0 bridgehead atoms. The number of aryl methyl sites for hydroxylation is 1. The predicted octanol–water partition coefficient (Wildman–Crippen LogP) is 1.17. The van der Waals surface area contributed by atoms with Crippen LogP contribution >= 0.6 is 11.3 Å². The average molecular weight is 362 g/mol. The Morgan fingerprint density at radius 3 is 2.76 bits per heavy atom. The molecular weight excluding hydrogens is 340 g/mol. The Balaban J connectivity index is 1.74. The number of thiazole rings is 1. The molecule has 1 saturated heterocycles. The van der Waals surface area contributed by atoms with Crippen molar-refractivity contribution < 1.29 is 9.90 Å². The fraction of sp³-hybridized carbons (Fsp3) is 0.500. The Morgan fingerprint density at radius 1 is 1.32 bits per heavy atom. The number of rotatable bonds is 7. The van der Waals surface area contributed by atoms with Crippen LogP contribution in [0.4, 0.5) is 16.8 Å². The molecule has 0 atom stereocenters. The number of hydrogen-bond acceptors (Lipinski definition) is 9. The number of nitrogens with zero attached hydrogens (tertiary/aromatic N) is 5. The van der Waals surface area contributed by atoms with Gasteiger partial charge in [-0.25, -0.2) is 15.0 Å². The Morgan fingerprint density at radius 2 is 2.12 bits per heavy atom. The van der Waals surface area contributed by atoms with E-state index in [0.717, 1.165) is 50.5 Å². The lowest BCUT2D eigenvalue weighted by atomic mass is 10.3. The molecule has 2 aromatic heterocycles. The first kappa shape index (κ1) is 17.7. The lowest BCUT2D eigenvalue weighted by Gasteiger charge is -2.35.